The lowest BCUT2D eigenvalue weighted by Crippen LogP contribution is -1.97. The van der Waals surface area contributed by atoms with E-state index in [1.807, 2.05) is 0 Å². The second kappa shape index (κ2) is 6.71. The van der Waals surface area contributed by atoms with Gasteiger partial charge in [-0.2, -0.15) is 12.6 Å². The standard InChI is InChI=1S/C11H15FOS/c12-10-4-6-11(7-5-10)13-8-2-1-3-9-14/h4-7,14H,1-3,8-9H2. The van der Waals surface area contributed by atoms with Crippen molar-refractivity contribution >= 4 is 12.6 Å². The largest absolute Gasteiger partial charge is 0.494 e. The summed E-state index contributed by atoms with van der Waals surface area (Å²) in [7, 11) is 0. The summed E-state index contributed by atoms with van der Waals surface area (Å²) in [5.74, 6) is 1.43. The molecule has 1 nitrogen and oxygen atoms in total. The Balaban J connectivity index is 2.15. The number of hydrogen-bond donors (Lipinski definition) is 1. The number of ether oxygens (including phenoxy) is 1. The van der Waals surface area contributed by atoms with E-state index in [0.29, 0.717) is 6.61 Å². The van der Waals surface area contributed by atoms with E-state index >= 15 is 0 Å². The number of thiol groups is 1. The van der Waals surface area contributed by atoms with E-state index in [9.17, 15) is 4.39 Å². The average Bonchev–Trinajstić information content (AvgIpc) is 2.21. The van der Waals surface area contributed by atoms with E-state index in [0.717, 1.165) is 30.8 Å². The molecular weight excluding hydrogens is 199 g/mol. The van der Waals surface area contributed by atoms with Gasteiger partial charge in [-0.3, -0.25) is 0 Å². The van der Waals surface area contributed by atoms with Crippen molar-refractivity contribution in [1.29, 1.82) is 0 Å². The Labute approximate surface area is 89.7 Å². The molecule has 0 bridgehead atoms. The summed E-state index contributed by atoms with van der Waals surface area (Å²) < 4.78 is 17.9. The minimum absolute atomic E-state index is 0.229. The second-order valence-electron chi connectivity index (χ2n) is 3.09. The van der Waals surface area contributed by atoms with Gasteiger partial charge in [-0.25, -0.2) is 4.39 Å². The van der Waals surface area contributed by atoms with Crippen LogP contribution in [0.1, 0.15) is 19.3 Å². The highest BCUT2D eigenvalue weighted by molar-refractivity contribution is 7.80. The maximum atomic E-state index is 12.5. The zero-order valence-corrected chi connectivity index (χ0v) is 8.97. The average molecular weight is 214 g/mol. The van der Waals surface area contributed by atoms with E-state index in [2.05, 4.69) is 12.6 Å². The molecule has 14 heavy (non-hydrogen) atoms. The van der Waals surface area contributed by atoms with Crippen molar-refractivity contribution in [2.75, 3.05) is 12.4 Å². The van der Waals surface area contributed by atoms with E-state index in [-0.39, 0.29) is 5.82 Å². The molecule has 0 atom stereocenters. The third kappa shape index (κ3) is 4.51. The molecule has 1 aromatic rings. The highest BCUT2D eigenvalue weighted by Gasteiger charge is 1.94. The summed E-state index contributed by atoms with van der Waals surface area (Å²) in [6.45, 7) is 0.694. The van der Waals surface area contributed by atoms with E-state index in [4.69, 9.17) is 4.74 Å². The zero-order chi connectivity index (χ0) is 10.2. The van der Waals surface area contributed by atoms with Gasteiger partial charge in [0.15, 0.2) is 0 Å². The first-order valence-corrected chi connectivity index (χ1v) is 5.45. The molecule has 1 rings (SSSR count). The second-order valence-corrected chi connectivity index (χ2v) is 3.53. The SMILES string of the molecule is Fc1ccc(OCCCCCS)cc1. The molecule has 0 heterocycles. The molecule has 0 N–H and O–H groups in total. The van der Waals surface area contributed by atoms with Gasteiger partial charge in [0.05, 0.1) is 6.61 Å². The minimum atomic E-state index is -0.229. The number of rotatable bonds is 6. The van der Waals surface area contributed by atoms with Crippen LogP contribution in [0.2, 0.25) is 0 Å². The van der Waals surface area contributed by atoms with Crippen LogP contribution < -0.4 is 4.74 Å². The number of benzene rings is 1. The lowest BCUT2D eigenvalue weighted by Gasteiger charge is -2.04. The van der Waals surface area contributed by atoms with Crippen LogP contribution in [-0.2, 0) is 0 Å². The Hall–Kier alpha value is -0.700. The molecular formula is C11H15FOS. The van der Waals surface area contributed by atoms with Gasteiger partial charge in [0.1, 0.15) is 11.6 Å². The fraction of sp³-hybridized carbons (Fsp3) is 0.455. The smallest absolute Gasteiger partial charge is 0.123 e. The molecule has 1 aromatic carbocycles. The maximum Gasteiger partial charge on any atom is 0.123 e. The predicted molar refractivity (Wildman–Crippen MR) is 59.6 cm³/mol. The number of hydrogen-bond acceptors (Lipinski definition) is 2. The Morgan fingerprint density at radius 1 is 1.07 bits per heavy atom. The van der Waals surface area contributed by atoms with Crippen molar-refractivity contribution in [3.8, 4) is 5.75 Å². The van der Waals surface area contributed by atoms with Crippen molar-refractivity contribution in [2.45, 2.75) is 19.3 Å². The fourth-order valence-electron chi connectivity index (χ4n) is 1.11. The molecule has 0 radical (unpaired) electrons. The molecule has 0 saturated heterocycles. The molecule has 0 aromatic heterocycles. The van der Waals surface area contributed by atoms with Gasteiger partial charge < -0.3 is 4.74 Å². The van der Waals surface area contributed by atoms with Gasteiger partial charge in [0.2, 0.25) is 0 Å². The van der Waals surface area contributed by atoms with Gasteiger partial charge >= 0.3 is 0 Å². The fourth-order valence-corrected chi connectivity index (χ4v) is 1.34. The van der Waals surface area contributed by atoms with Crippen LogP contribution in [0.4, 0.5) is 4.39 Å². The van der Waals surface area contributed by atoms with E-state index < -0.39 is 0 Å². The lowest BCUT2D eigenvalue weighted by atomic mass is 10.2. The topological polar surface area (TPSA) is 9.23 Å². The van der Waals surface area contributed by atoms with Crippen LogP contribution in [0.3, 0.4) is 0 Å². The molecule has 0 unspecified atom stereocenters. The first kappa shape index (κ1) is 11.4. The lowest BCUT2D eigenvalue weighted by molar-refractivity contribution is 0.306. The molecule has 0 aliphatic rings. The van der Waals surface area contributed by atoms with Crippen LogP contribution in [0, 0.1) is 5.82 Å². The van der Waals surface area contributed by atoms with Gasteiger partial charge in [0.25, 0.3) is 0 Å². The maximum absolute atomic E-state index is 12.5. The summed E-state index contributed by atoms with van der Waals surface area (Å²) in [5.41, 5.74) is 0. The third-order valence-electron chi connectivity index (χ3n) is 1.88. The summed E-state index contributed by atoms with van der Waals surface area (Å²) in [6, 6.07) is 6.11. The first-order valence-electron chi connectivity index (χ1n) is 4.82. The monoisotopic (exact) mass is 214 g/mol. The minimum Gasteiger partial charge on any atom is -0.494 e. The van der Waals surface area contributed by atoms with Gasteiger partial charge in [-0.05, 0) is 49.3 Å². The van der Waals surface area contributed by atoms with E-state index in [1.54, 1.807) is 12.1 Å². The number of halogens is 1. The van der Waals surface area contributed by atoms with Crippen LogP contribution in [0.15, 0.2) is 24.3 Å². The highest BCUT2D eigenvalue weighted by Crippen LogP contribution is 2.11. The van der Waals surface area contributed by atoms with Crippen LogP contribution in [-0.4, -0.2) is 12.4 Å². The molecule has 0 fully saturated rings. The van der Waals surface area contributed by atoms with Crippen molar-refractivity contribution < 1.29 is 9.13 Å². The predicted octanol–water partition coefficient (Wildman–Crippen LogP) is 3.30. The van der Waals surface area contributed by atoms with Gasteiger partial charge in [-0.15, -0.1) is 0 Å². The van der Waals surface area contributed by atoms with Crippen LogP contribution in [0.5, 0.6) is 5.75 Å². The zero-order valence-electron chi connectivity index (χ0n) is 8.08. The van der Waals surface area contributed by atoms with E-state index in [1.165, 1.54) is 12.1 Å². The highest BCUT2D eigenvalue weighted by atomic mass is 32.1. The Kier molecular flexibility index (Phi) is 5.45. The summed E-state index contributed by atoms with van der Waals surface area (Å²) in [4.78, 5) is 0. The van der Waals surface area contributed by atoms with Gasteiger partial charge in [0, 0.05) is 0 Å². The van der Waals surface area contributed by atoms with Crippen LogP contribution >= 0.6 is 12.6 Å². The normalized spacial score (nSPS) is 10.1. The van der Waals surface area contributed by atoms with Crippen molar-refractivity contribution in [3.05, 3.63) is 30.1 Å². The molecule has 3 heteroatoms. The quantitative estimate of drug-likeness (QED) is 0.564. The molecule has 0 amide bonds. The van der Waals surface area contributed by atoms with Crippen LogP contribution in [0.25, 0.3) is 0 Å². The summed E-state index contributed by atoms with van der Waals surface area (Å²) in [6.07, 6.45) is 3.28. The molecule has 78 valence electrons. The Morgan fingerprint density at radius 2 is 1.79 bits per heavy atom. The first-order chi connectivity index (χ1) is 6.83. The van der Waals surface area contributed by atoms with Gasteiger partial charge in [-0.1, -0.05) is 0 Å². The molecule has 0 aliphatic heterocycles. The van der Waals surface area contributed by atoms with Crippen molar-refractivity contribution in [2.24, 2.45) is 0 Å². The summed E-state index contributed by atoms with van der Waals surface area (Å²) >= 11 is 4.12. The van der Waals surface area contributed by atoms with Crippen molar-refractivity contribution in [1.82, 2.24) is 0 Å². The Morgan fingerprint density at radius 3 is 2.43 bits per heavy atom. The summed E-state index contributed by atoms with van der Waals surface area (Å²) in [5, 5.41) is 0. The Bertz CT molecular complexity index is 248. The number of unbranched alkanes of at least 4 members (excludes halogenated alkanes) is 2. The third-order valence-corrected chi connectivity index (χ3v) is 2.20. The molecule has 0 spiro atoms. The molecule has 0 aliphatic carbocycles. The molecule has 0 saturated carbocycles. The van der Waals surface area contributed by atoms with Crippen molar-refractivity contribution in [3.63, 3.8) is 0 Å².